The fourth-order valence-corrected chi connectivity index (χ4v) is 2.07. The normalized spacial score (nSPS) is 13.7. The van der Waals surface area contributed by atoms with Crippen LogP contribution in [-0.4, -0.2) is 11.1 Å². The summed E-state index contributed by atoms with van der Waals surface area (Å²) in [6.45, 7) is 10.6. The molecule has 0 saturated carbocycles. The van der Waals surface area contributed by atoms with E-state index < -0.39 is 5.97 Å². The molecule has 0 aliphatic rings. The van der Waals surface area contributed by atoms with Crippen molar-refractivity contribution in [2.24, 2.45) is 5.92 Å². The van der Waals surface area contributed by atoms with Crippen molar-refractivity contribution in [2.75, 3.05) is 0 Å². The van der Waals surface area contributed by atoms with Gasteiger partial charge in [-0.1, -0.05) is 58.9 Å². The summed E-state index contributed by atoms with van der Waals surface area (Å²) < 4.78 is 0. The summed E-state index contributed by atoms with van der Waals surface area (Å²) in [4.78, 5) is 11.3. The van der Waals surface area contributed by atoms with Gasteiger partial charge in [0, 0.05) is 0 Å². The van der Waals surface area contributed by atoms with E-state index in [9.17, 15) is 9.90 Å². The van der Waals surface area contributed by atoms with Crippen molar-refractivity contribution in [3.8, 4) is 0 Å². The second kappa shape index (κ2) is 5.55. The van der Waals surface area contributed by atoms with E-state index in [1.54, 1.807) is 0 Å². The van der Waals surface area contributed by atoms with E-state index in [1.807, 2.05) is 24.3 Å². The zero-order chi connectivity index (χ0) is 13.9. The van der Waals surface area contributed by atoms with Gasteiger partial charge in [-0.3, -0.25) is 4.79 Å². The van der Waals surface area contributed by atoms with E-state index in [-0.39, 0.29) is 11.3 Å². The molecular formula is C16H24O2. The van der Waals surface area contributed by atoms with Gasteiger partial charge in [0.15, 0.2) is 0 Å². The maximum atomic E-state index is 11.3. The van der Waals surface area contributed by atoms with Crippen molar-refractivity contribution in [1.82, 2.24) is 0 Å². The molecule has 2 heteroatoms. The predicted octanol–water partition coefficient (Wildman–Crippen LogP) is 4.20. The molecule has 0 aromatic heterocycles. The molecule has 1 aromatic rings. The maximum absolute atomic E-state index is 11.3. The average Bonchev–Trinajstić information content (AvgIpc) is 2.24. The van der Waals surface area contributed by atoms with Crippen LogP contribution in [0, 0.1) is 5.92 Å². The van der Waals surface area contributed by atoms with Crippen molar-refractivity contribution in [1.29, 1.82) is 0 Å². The Bertz CT molecular complexity index is 396. The molecule has 0 heterocycles. The lowest BCUT2D eigenvalue weighted by Gasteiger charge is -2.21. The van der Waals surface area contributed by atoms with Gasteiger partial charge >= 0.3 is 5.97 Å². The van der Waals surface area contributed by atoms with E-state index in [2.05, 4.69) is 34.6 Å². The molecule has 0 aliphatic carbocycles. The molecule has 1 rings (SSSR count). The lowest BCUT2D eigenvalue weighted by atomic mass is 9.84. The van der Waals surface area contributed by atoms with Gasteiger partial charge in [0.05, 0.1) is 5.92 Å². The Morgan fingerprint density at radius 3 is 2.00 bits per heavy atom. The third-order valence-corrected chi connectivity index (χ3v) is 3.18. The summed E-state index contributed by atoms with van der Waals surface area (Å²) in [7, 11) is 0. The third-order valence-electron chi connectivity index (χ3n) is 3.18. The molecule has 1 N–H and O–H groups in total. The first-order chi connectivity index (χ1) is 8.21. The summed E-state index contributed by atoms with van der Waals surface area (Å²) in [5.41, 5.74) is 2.25. The highest BCUT2D eigenvalue weighted by molar-refractivity contribution is 5.76. The average molecular weight is 248 g/mol. The molecule has 0 aliphatic heterocycles. The first kappa shape index (κ1) is 14.7. The van der Waals surface area contributed by atoms with Crippen molar-refractivity contribution >= 4 is 5.97 Å². The van der Waals surface area contributed by atoms with E-state index in [1.165, 1.54) is 5.56 Å². The van der Waals surface area contributed by atoms with Gasteiger partial charge in [-0.25, -0.2) is 0 Å². The van der Waals surface area contributed by atoms with Crippen LogP contribution >= 0.6 is 0 Å². The van der Waals surface area contributed by atoms with E-state index in [0.717, 1.165) is 5.56 Å². The Balaban J connectivity index is 2.98. The van der Waals surface area contributed by atoms with Crippen molar-refractivity contribution in [2.45, 2.75) is 52.4 Å². The number of carboxylic acid groups (broad SMARTS) is 1. The Kier molecular flexibility index (Phi) is 4.55. The topological polar surface area (TPSA) is 37.3 Å². The Hall–Kier alpha value is -1.31. The number of rotatable bonds is 4. The first-order valence-electron chi connectivity index (χ1n) is 6.55. The summed E-state index contributed by atoms with van der Waals surface area (Å²) in [6, 6.07) is 8.01. The Morgan fingerprint density at radius 1 is 1.17 bits per heavy atom. The molecule has 0 radical (unpaired) electrons. The highest BCUT2D eigenvalue weighted by Crippen LogP contribution is 2.27. The molecule has 0 bridgehead atoms. The van der Waals surface area contributed by atoms with E-state index >= 15 is 0 Å². The van der Waals surface area contributed by atoms with Crippen LogP contribution < -0.4 is 0 Å². The van der Waals surface area contributed by atoms with Gasteiger partial charge in [0.2, 0.25) is 0 Å². The number of benzene rings is 1. The minimum absolute atomic E-state index is 0.106. The maximum Gasteiger partial charge on any atom is 0.310 e. The molecule has 0 amide bonds. The number of carboxylic acids is 1. The summed E-state index contributed by atoms with van der Waals surface area (Å²) in [5, 5.41) is 9.30. The van der Waals surface area contributed by atoms with E-state index in [4.69, 9.17) is 0 Å². The molecular weight excluding hydrogens is 224 g/mol. The Labute approximate surface area is 110 Å². The fourth-order valence-electron chi connectivity index (χ4n) is 2.07. The Morgan fingerprint density at radius 2 is 1.67 bits per heavy atom. The second-order valence-corrected chi connectivity index (χ2v) is 6.39. The molecule has 0 saturated heterocycles. The lowest BCUT2D eigenvalue weighted by Crippen LogP contribution is -2.15. The minimum atomic E-state index is -0.729. The van der Waals surface area contributed by atoms with Crippen LogP contribution in [0.1, 0.15) is 58.1 Å². The highest BCUT2D eigenvalue weighted by Gasteiger charge is 2.21. The monoisotopic (exact) mass is 248 g/mol. The fraction of sp³-hybridized carbons (Fsp3) is 0.562. The first-order valence-corrected chi connectivity index (χ1v) is 6.55. The van der Waals surface area contributed by atoms with Crippen LogP contribution in [0.5, 0.6) is 0 Å². The molecule has 2 nitrogen and oxygen atoms in total. The standard InChI is InChI=1S/C16H24O2/c1-11(2)10-14(15(17)18)12-6-8-13(9-7-12)16(3,4)5/h6-9,11,14H,10H2,1-5H3,(H,17,18). The SMILES string of the molecule is CC(C)CC(C(=O)O)c1ccc(C(C)(C)C)cc1. The number of hydrogen-bond donors (Lipinski definition) is 1. The van der Waals surface area contributed by atoms with Crippen LogP contribution in [0.3, 0.4) is 0 Å². The largest absolute Gasteiger partial charge is 0.481 e. The number of hydrogen-bond acceptors (Lipinski definition) is 1. The van der Waals surface area contributed by atoms with Gasteiger partial charge in [0.25, 0.3) is 0 Å². The second-order valence-electron chi connectivity index (χ2n) is 6.39. The minimum Gasteiger partial charge on any atom is -0.481 e. The molecule has 1 aromatic carbocycles. The van der Waals surface area contributed by atoms with Gasteiger partial charge in [0.1, 0.15) is 0 Å². The summed E-state index contributed by atoms with van der Waals surface area (Å²) in [5.74, 6) is -0.736. The predicted molar refractivity (Wildman–Crippen MR) is 75.0 cm³/mol. The summed E-state index contributed by atoms with van der Waals surface area (Å²) >= 11 is 0. The molecule has 0 fully saturated rings. The summed E-state index contributed by atoms with van der Waals surface area (Å²) in [6.07, 6.45) is 0.685. The van der Waals surface area contributed by atoms with Crippen molar-refractivity contribution in [3.63, 3.8) is 0 Å². The lowest BCUT2D eigenvalue weighted by molar-refractivity contribution is -0.139. The highest BCUT2D eigenvalue weighted by atomic mass is 16.4. The van der Waals surface area contributed by atoms with E-state index in [0.29, 0.717) is 12.3 Å². The van der Waals surface area contributed by atoms with Crippen LogP contribution in [0.15, 0.2) is 24.3 Å². The van der Waals surface area contributed by atoms with Gasteiger partial charge in [-0.2, -0.15) is 0 Å². The van der Waals surface area contributed by atoms with Crippen molar-refractivity contribution in [3.05, 3.63) is 35.4 Å². The van der Waals surface area contributed by atoms with Crippen LogP contribution in [0.25, 0.3) is 0 Å². The number of aliphatic carboxylic acids is 1. The van der Waals surface area contributed by atoms with Gasteiger partial charge in [-0.05, 0) is 28.9 Å². The number of carbonyl (C=O) groups is 1. The smallest absolute Gasteiger partial charge is 0.310 e. The van der Waals surface area contributed by atoms with Crippen LogP contribution in [0.2, 0.25) is 0 Å². The molecule has 1 atom stereocenters. The third kappa shape index (κ3) is 3.86. The van der Waals surface area contributed by atoms with Crippen molar-refractivity contribution < 1.29 is 9.90 Å². The molecule has 0 spiro atoms. The molecule has 1 unspecified atom stereocenters. The quantitative estimate of drug-likeness (QED) is 0.867. The molecule has 18 heavy (non-hydrogen) atoms. The van der Waals surface area contributed by atoms with Gasteiger partial charge in [-0.15, -0.1) is 0 Å². The zero-order valence-electron chi connectivity index (χ0n) is 12.0. The van der Waals surface area contributed by atoms with Crippen LogP contribution in [0.4, 0.5) is 0 Å². The van der Waals surface area contributed by atoms with Gasteiger partial charge < -0.3 is 5.11 Å². The van der Waals surface area contributed by atoms with Crippen LogP contribution in [-0.2, 0) is 10.2 Å². The molecule has 100 valence electrons. The zero-order valence-corrected chi connectivity index (χ0v) is 12.0.